The van der Waals surface area contributed by atoms with Crippen LogP contribution < -0.4 is 4.90 Å². The molecule has 3 aromatic rings. The van der Waals surface area contributed by atoms with Crippen molar-refractivity contribution in [1.82, 2.24) is 4.98 Å². The Morgan fingerprint density at radius 1 is 0.902 bits per heavy atom. The first-order chi connectivity index (χ1) is 20.1. The number of aryl methyl sites for hydroxylation is 1. The van der Waals surface area contributed by atoms with Crippen LogP contribution in [0.5, 0.6) is 0 Å². The van der Waals surface area contributed by atoms with Crippen LogP contribution in [0.15, 0.2) is 70.4 Å². The van der Waals surface area contributed by atoms with Gasteiger partial charge >= 0.3 is 0 Å². The molecule has 1 aliphatic rings. The molecule has 4 rings (SSSR count). The van der Waals surface area contributed by atoms with Crippen molar-refractivity contribution >= 4 is 39.5 Å². The third kappa shape index (κ3) is 8.96. The first-order valence-electron chi connectivity index (χ1n) is 15.3. The van der Waals surface area contributed by atoms with Crippen LogP contribution in [-0.2, 0) is 12.8 Å². The maximum absolute atomic E-state index is 9.83. The van der Waals surface area contributed by atoms with E-state index in [9.17, 15) is 5.26 Å². The Hall–Kier alpha value is -3.56. The molecule has 214 valence electrons. The first kappa shape index (κ1) is 30.4. The SMILES string of the molecule is CCCCCCc1ccc(/C(C#N)=C/C2=Cc3sc(/N=N/c4ccc(N(CCCC)CCCC)cc4)nc3C2)cc1. The molecule has 0 atom stereocenters. The summed E-state index contributed by atoms with van der Waals surface area (Å²) in [4.78, 5) is 8.29. The fourth-order valence-corrected chi connectivity index (χ4v) is 5.89. The zero-order valence-corrected chi connectivity index (χ0v) is 25.7. The first-order valence-corrected chi connectivity index (χ1v) is 16.1. The molecule has 0 saturated carbocycles. The van der Waals surface area contributed by atoms with E-state index in [0.717, 1.165) is 46.9 Å². The van der Waals surface area contributed by atoms with Crippen molar-refractivity contribution in [1.29, 1.82) is 5.26 Å². The van der Waals surface area contributed by atoms with Crippen LogP contribution in [0.2, 0.25) is 0 Å². The third-order valence-electron chi connectivity index (χ3n) is 7.47. The van der Waals surface area contributed by atoms with Crippen LogP contribution in [0.25, 0.3) is 11.6 Å². The fraction of sp³-hybridized carbons (Fsp3) is 0.429. The fourth-order valence-electron chi connectivity index (χ4n) is 5.01. The van der Waals surface area contributed by atoms with Crippen LogP contribution in [-0.4, -0.2) is 18.1 Å². The van der Waals surface area contributed by atoms with Gasteiger partial charge in [-0.3, -0.25) is 0 Å². The van der Waals surface area contributed by atoms with Crippen molar-refractivity contribution in [2.45, 2.75) is 85.0 Å². The number of hydrogen-bond acceptors (Lipinski definition) is 6. The van der Waals surface area contributed by atoms with E-state index in [1.807, 2.05) is 18.2 Å². The molecule has 5 nitrogen and oxygen atoms in total. The predicted octanol–water partition coefficient (Wildman–Crippen LogP) is 10.6. The molecule has 0 bridgehead atoms. The van der Waals surface area contributed by atoms with Crippen molar-refractivity contribution in [2.75, 3.05) is 18.0 Å². The molecule has 0 amide bonds. The van der Waals surface area contributed by atoms with Gasteiger partial charge in [-0.1, -0.05) is 88.5 Å². The van der Waals surface area contributed by atoms with Gasteiger partial charge in [0.25, 0.3) is 0 Å². The number of nitrogens with zero attached hydrogens (tertiary/aromatic N) is 5. The number of benzene rings is 2. The van der Waals surface area contributed by atoms with Gasteiger partial charge in [-0.25, -0.2) is 4.98 Å². The molecule has 6 heteroatoms. The smallest absolute Gasteiger partial charge is 0.230 e. The van der Waals surface area contributed by atoms with E-state index in [1.165, 1.54) is 62.6 Å². The lowest BCUT2D eigenvalue weighted by Crippen LogP contribution is -2.25. The van der Waals surface area contributed by atoms with E-state index in [4.69, 9.17) is 4.98 Å². The Balaban J connectivity index is 1.37. The molecule has 2 aromatic carbocycles. The highest BCUT2D eigenvalue weighted by atomic mass is 32.1. The van der Waals surface area contributed by atoms with Crippen LogP contribution in [0.1, 0.15) is 93.8 Å². The van der Waals surface area contributed by atoms with Crippen molar-refractivity contribution < 1.29 is 0 Å². The normalized spacial score (nSPS) is 12.9. The topological polar surface area (TPSA) is 64.6 Å². The van der Waals surface area contributed by atoms with Gasteiger partial charge in [0.15, 0.2) is 0 Å². The average molecular weight is 566 g/mol. The summed E-state index contributed by atoms with van der Waals surface area (Å²) < 4.78 is 0. The number of unbranched alkanes of at least 4 members (excludes halogenated alkanes) is 5. The summed E-state index contributed by atoms with van der Waals surface area (Å²) in [6, 6.07) is 19.2. The molecule has 0 spiro atoms. The summed E-state index contributed by atoms with van der Waals surface area (Å²) in [7, 11) is 0. The van der Waals surface area contributed by atoms with E-state index in [0.29, 0.717) is 17.1 Å². The minimum absolute atomic E-state index is 0.668. The Morgan fingerprint density at radius 3 is 2.24 bits per heavy atom. The largest absolute Gasteiger partial charge is 0.372 e. The molecule has 0 N–H and O–H groups in total. The van der Waals surface area contributed by atoms with Crippen LogP contribution in [0.3, 0.4) is 0 Å². The lowest BCUT2D eigenvalue weighted by Gasteiger charge is -2.24. The molecule has 1 aliphatic carbocycles. The number of azo groups is 1. The lowest BCUT2D eigenvalue weighted by atomic mass is 10.00. The Bertz CT molecular complexity index is 1370. The standard InChI is InChI=1S/C35H43N5S/c1-4-7-10-11-12-27-13-15-29(16-14-27)30(26-36)23-28-24-33-34(25-28)41-35(37-33)39-38-31-17-19-32(20-18-31)40(21-8-5-2)22-9-6-3/h13-20,23,25H,4-12,21-22,24H2,1-3H3/b30-23+,39-38+. The van der Waals surface area contributed by atoms with E-state index in [2.05, 4.69) is 84.4 Å². The number of rotatable bonds is 16. The minimum atomic E-state index is 0.668. The number of allylic oxidation sites excluding steroid dienone is 3. The maximum atomic E-state index is 9.83. The molecule has 1 heterocycles. The number of thiazole rings is 1. The van der Waals surface area contributed by atoms with Crippen molar-refractivity contribution in [3.05, 3.63) is 81.9 Å². The average Bonchev–Trinajstić information content (AvgIpc) is 3.56. The Kier molecular flexibility index (Phi) is 11.9. The summed E-state index contributed by atoms with van der Waals surface area (Å²) >= 11 is 1.55. The van der Waals surface area contributed by atoms with E-state index >= 15 is 0 Å². The molecule has 1 aromatic heterocycles. The number of anilines is 1. The summed E-state index contributed by atoms with van der Waals surface area (Å²) in [5.74, 6) is 0. The molecule has 0 aliphatic heterocycles. The molecular weight excluding hydrogens is 522 g/mol. The summed E-state index contributed by atoms with van der Waals surface area (Å²) in [6.45, 7) is 8.90. The quantitative estimate of drug-likeness (QED) is 0.0985. The molecule has 41 heavy (non-hydrogen) atoms. The highest BCUT2D eigenvalue weighted by molar-refractivity contribution is 7.16. The molecular formula is C35H43N5S. The predicted molar refractivity (Wildman–Crippen MR) is 174 cm³/mol. The van der Waals surface area contributed by atoms with E-state index in [-0.39, 0.29) is 0 Å². The molecule has 0 radical (unpaired) electrons. The molecule has 0 saturated heterocycles. The van der Waals surface area contributed by atoms with Gasteiger partial charge < -0.3 is 4.90 Å². The Morgan fingerprint density at radius 2 is 1.61 bits per heavy atom. The summed E-state index contributed by atoms with van der Waals surface area (Å²) in [6.07, 6.45) is 15.8. The number of fused-ring (bicyclic) bond motifs is 1. The van der Waals surface area contributed by atoms with Crippen LogP contribution in [0, 0.1) is 11.3 Å². The Labute approximate surface area is 250 Å². The lowest BCUT2D eigenvalue weighted by molar-refractivity contribution is 0.667. The van der Waals surface area contributed by atoms with Crippen LogP contribution >= 0.6 is 11.3 Å². The van der Waals surface area contributed by atoms with E-state index < -0.39 is 0 Å². The van der Waals surface area contributed by atoms with E-state index in [1.54, 1.807) is 11.3 Å². The number of nitriles is 1. The van der Waals surface area contributed by atoms with Crippen LogP contribution in [0.4, 0.5) is 16.5 Å². The zero-order valence-electron chi connectivity index (χ0n) is 24.9. The monoisotopic (exact) mass is 565 g/mol. The number of aromatic nitrogens is 1. The highest BCUT2D eigenvalue weighted by Crippen LogP contribution is 2.36. The van der Waals surface area contributed by atoms with Gasteiger partial charge in [-0.05, 0) is 78.8 Å². The minimum Gasteiger partial charge on any atom is -0.372 e. The zero-order chi connectivity index (χ0) is 28.9. The van der Waals surface area contributed by atoms with Gasteiger partial charge in [-0.15, -0.1) is 10.2 Å². The van der Waals surface area contributed by atoms with Gasteiger partial charge in [0.1, 0.15) is 0 Å². The second-order valence-electron chi connectivity index (χ2n) is 10.8. The van der Waals surface area contributed by atoms with Crippen molar-refractivity contribution in [2.24, 2.45) is 10.2 Å². The second-order valence-corrected chi connectivity index (χ2v) is 11.8. The van der Waals surface area contributed by atoms with Gasteiger partial charge in [0.2, 0.25) is 5.13 Å². The van der Waals surface area contributed by atoms with Crippen molar-refractivity contribution in [3.8, 4) is 6.07 Å². The molecule has 0 unspecified atom stereocenters. The second kappa shape index (κ2) is 16.0. The van der Waals surface area contributed by atoms with Crippen molar-refractivity contribution in [3.63, 3.8) is 0 Å². The maximum Gasteiger partial charge on any atom is 0.230 e. The van der Waals surface area contributed by atoms with Gasteiger partial charge in [0, 0.05) is 25.2 Å². The summed E-state index contributed by atoms with van der Waals surface area (Å²) in [5, 5.41) is 19.4. The van der Waals surface area contributed by atoms with Gasteiger partial charge in [0.05, 0.1) is 27.9 Å². The summed E-state index contributed by atoms with van der Waals surface area (Å²) in [5.41, 5.74) is 7.19. The third-order valence-corrected chi connectivity index (χ3v) is 8.40. The molecule has 0 fully saturated rings. The van der Waals surface area contributed by atoms with Gasteiger partial charge in [-0.2, -0.15) is 5.26 Å². The highest BCUT2D eigenvalue weighted by Gasteiger charge is 2.18. The number of hydrogen-bond donors (Lipinski definition) is 0.